The minimum absolute atomic E-state index is 0.00795. The van der Waals surface area contributed by atoms with Gasteiger partial charge in [-0.3, -0.25) is 14.0 Å². The summed E-state index contributed by atoms with van der Waals surface area (Å²) in [5.74, 6) is -0.872. The molecule has 1 saturated heterocycles. The van der Waals surface area contributed by atoms with Crippen LogP contribution >= 0.6 is 7.82 Å². The molecule has 0 radical (unpaired) electrons. The minimum atomic E-state index is -4.57. The lowest BCUT2D eigenvalue weighted by Crippen LogP contribution is -2.36. The van der Waals surface area contributed by atoms with Gasteiger partial charge in [0.25, 0.3) is 0 Å². The van der Waals surface area contributed by atoms with Gasteiger partial charge in [-0.05, 0) is 6.42 Å². The zero-order valence-electron chi connectivity index (χ0n) is 23.9. The maximum absolute atomic E-state index is 12.4. The molecule has 1 aromatic rings. The number of unbranched alkanes of at least 4 members (excludes halogenated alkanes) is 15. The Labute approximate surface area is 237 Å². The number of nitrogen functional groups attached to an aromatic ring is 1. The van der Waals surface area contributed by atoms with Crippen molar-refractivity contribution in [3.8, 4) is 5.75 Å². The molecule has 1 aromatic heterocycles. The van der Waals surface area contributed by atoms with Crippen LogP contribution in [-0.2, 0) is 13.8 Å². The van der Waals surface area contributed by atoms with Crippen molar-refractivity contribution in [1.82, 2.24) is 9.55 Å². The normalized spacial score (nSPS) is 22.4. The fourth-order valence-electron chi connectivity index (χ4n) is 4.81. The fourth-order valence-corrected chi connectivity index (χ4v) is 5.61. The third-order valence-corrected chi connectivity index (χ3v) is 8.14. The smallest absolute Gasteiger partial charge is 0.399 e. The largest absolute Gasteiger partial charge is 0.527 e. The van der Waals surface area contributed by atoms with Gasteiger partial charge in [-0.15, -0.1) is 0 Å². The molecule has 1 aliphatic rings. The first-order valence-electron chi connectivity index (χ1n) is 14.9. The first kappa shape index (κ1) is 34.7. The summed E-state index contributed by atoms with van der Waals surface area (Å²) in [6.45, 7) is 1.67. The lowest BCUT2D eigenvalue weighted by molar-refractivity contribution is -0.0551. The number of hydrogen-bond acceptors (Lipinski definition) is 10. The van der Waals surface area contributed by atoms with Crippen LogP contribution in [0, 0.1) is 0 Å². The van der Waals surface area contributed by atoms with Crippen LogP contribution in [0.2, 0.25) is 0 Å². The van der Waals surface area contributed by atoms with Crippen LogP contribution in [0.25, 0.3) is 0 Å². The van der Waals surface area contributed by atoms with Crippen LogP contribution in [0.5, 0.6) is 5.75 Å². The molecule has 5 atom stereocenters. The van der Waals surface area contributed by atoms with E-state index in [9.17, 15) is 29.6 Å². The predicted molar refractivity (Wildman–Crippen MR) is 152 cm³/mol. The molecule has 0 aromatic carbocycles. The molecule has 0 aliphatic carbocycles. The maximum atomic E-state index is 12.4. The van der Waals surface area contributed by atoms with Gasteiger partial charge >= 0.3 is 13.5 Å². The Morgan fingerprint density at radius 2 is 1.43 bits per heavy atom. The van der Waals surface area contributed by atoms with Crippen molar-refractivity contribution in [1.29, 1.82) is 0 Å². The number of nitrogens with zero attached hydrogens (tertiary/aromatic N) is 2. The van der Waals surface area contributed by atoms with Crippen molar-refractivity contribution in [3.63, 3.8) is 0 Å². The molecule has 0 amide bonds. The molecular formula is C27H50N3O9P. The molecule has 1 aliphatic heterocycles. The zero-order chi connectivity index (χ0) is 29.4. The predicted octanol–water partition coefficient (Wildman–Crippen LogP) is 4.19. The lowest BCUT2D eigenvalue weighted by atomic mass is 10.0. The Kier molecular flexibility index (Phi) is 16.3. The number of hydrogen-bond donors (Lipinski definition) is 5. The molecule has 0 saturated carbocycles. The average Bonchev–Trinajstić information content (AvgIpc) is 3.20. The molecular weight excluding hydrogens is 541 g/mol. The Morgan fingerprint density at radius 3 is 1.90 bits per heavy atom. The third kappa shape index (κ3) is 12.1. The number of aliphatic hydroxyl groups excluding tert-OH is 3. The maximum Gasteiger partial charge on any atom is 0.527 e. The molecule has 0 bridgehead atoms. The molecule has 2 rings (SSSR count). The molecule has 13 heteroatoms. The number of anilines is 1. The molecule has 1 unspecified atom stereocenters. The monoisotopic (exact) mass is 591 g/mol. The van der Waals surface area contributed by atoms with Crippen LogP contribution in [0.3, 0.4) is 0 Å². The van der Waals surface area contributed by atoms with Gasteiger partial charge in [0.15, 0.2) is 17.8 Å². The van der Waals surface area contributed by atoms with Gasteiger partial charge in [0.2, 0.25) is 0 Å². The van der Waals surface area contributed by atoms with Crippen molar-refractivity contribution in [3.05, 3.63) is 16.7 Å². The van der Waals surface area contributed by atoms with E-state index in [2.05, 4.69) is 11.9 Å². The Balaban J connectivity index is 1.60. The van der Waals surface area contributed by atoms with E-state index in [-0.39, 0.29) is 6.61 Å². The van der Waals surface area contributed by atoms with Crippen LogP contribution in [-0.4, -0.2) is 61.3 Å². The van der Waals surface area contributed by atoms with Crippen LogP contribution in [0.1, 0.15) is 116 Å². The summed E-state index contributed by atoms with van der Waals surface area (Å²) in [5, 5.41) is 29.4. The number of ether oxygens (including phenoxy) is 1. The van der Waals surface area contributed by atoms with Crippen molar-refractivity contribution >= 4 is 13.6 Å². The van der Waals surface area contributed by atoms with Crippen molar-refractivity contribution < 1.29 is 38.6 Å². The van der Waals surface area contributed by atoms with Gasteiger partial charge in [0.1, 0.15) is 18.3 Å². The highest BCUT2D eigenvalue weighted by atomic mass is 31.2. The van der Waals surface area contributed by atoms with E-state index in [1.54, 1.807) is 0 Å². The molecule has 2 heterocycles. The fraction of sp³-hybridized carbons (Fsp3) is 0.852. The van der Waals surface area contributed by atoms with E-state index in [0.717, 1.165) is 30.0 Å². The Morgan fingerprint density at radius 1 is 0.925 bits per heavy atom. The second kappa shape index (κ2) is 18.8. The number of phosphoric ester groups is 1. The second-order valence-electron chi connectivity index (χ2n) is 10.6. The van der Waals surface area contributed by atoms with E-state index in [0.29, 0.717) is 6.42 Å². The third-order valence-electron chi connectivity index (χ3n) is 7.20. The number of aromatic nitrogens is 2. The summed E-state index contributed by atoms with van der Waals surface area (Å²) >= 11 is 0. The van der Waals surface area contributed by atoms with Gasteiger partial charge in [0, 0.05) is 0 Å². The molecule has 6 N–H and O–H groups in total. The van der Waals surface area contributed by atoms with Gasteiger partial charge in [-0.2, -0.15) is 4.98 Å². The summed E-state index contributed by atoms with van der Waals surface area (Å²) in [5.41, 5.74) is 4.73. The summed E-state index contributed by atoms with van der Waals surface area (Å²) in [7, 11) is -4.57. The summed E-state index contributed by atoms with van der Waals surface area (Å²) in [6.07, 6.45) is 14.9. The highest BCUT2D eigenvalue weighted by molar-refractivity contribution is 7.47. The minimum Gasteiger partial charge on any atom is -0.399 e. The molecule has 40 heavy (non-hydrogen) atoms. The van der Waals surface area contributed by atoms with E-state index < -0.39 is 56.2 Å². The SMILES string of the molecule is CCCCCCCCCCCCCCCCCCOP(=O)(O)Oc1cn([C@@H]2O[C@H](CO)[C@@H](O)[C@@H]2O)c(=O)nc1N. The van der Waals surface area contributed by atoms with Gasteiger partial charge in [-0.25, -0.2) is 9.36 Å². The standard InChI is InChI=1S/C27H50N3O9P/c1-2-3-4-5-6-7-8-9-10-11-12-13-14-15-16-17-18-37-40(35,36)39-21-19-30(27(34)29-25(21)28)26-24(33)23(32)22(20-31)38-26/h19,22-24,26,31-33H,2-18,20H2,1H3,(H,35,36)(H2,28,29,34)/t22-,23-,24+,26-/m1/s1. The van der Waals surface area contributed by atoms with E-state index in [1.165, 1.54) is 77.0 Å². The molecule has 232 valence electrons. The average molecular weight is 592 g/mol. The number of nitrogens with two attached hydrogens (primary N) is 1. The van der Waals surface area contributed by atoms with Gasteiger partial charge in [-0.1, -0.05) is 103 Å². The van der Waals surface area contributed by atoms with Gasteiger partial charge in [0.05, 0.1) is 19.4 Å². The van der Waals surface area contributed by atoms with Crippen molar-refractivity contribution in [2.75, 3.05) is 18.9 Å². The first-order chi connectivity index (χ1) is 19.2. The van der Waals surface area contributed by atoms with E-state index >= 15 is 0 Å². The Hall–Kier alpha value is -1.53. The van der Waals surface area contributed by atoms with Gasteiger partial charge < -0.3 is 30.3 Å². The topological polar surface area (TPSA) is 187 Å². The second-order valence-corrected chi connectivity index (χ2v) is 12.0. The highest BCUT2D eigenvalue weighted by Gasteiger charge is 2.44. The van der Waals surface area contributed by atoms with Crippen LogP contribution in [0.4, 0.5) is 5.82 Å². The van der Waals surface area contributed by atoms with E-state index in [1.807, 2.05) is 0 Å². The van der Waals surface area contributed by atoms with E-state index in [4.69, 9.17) is 19.5 Å². The molecule has 0 spiro atoms. The Bertz CT molecular complexity index is 948. The quantitative estimate of drug-likeness (QED) is 0.0961. The first-order valence-corrected chi connectivity index (χ1v) is 16.4. The summed E-state index contributed by atoms with van der Waals surface area (Å²) < 4.78 is 28.6. The molecule has 1 fully saturated rings. The lowest BCUT2D eigenvalue weighted by Gasteiger charge is -2.19. The number of phosphoric acid groups is 1. The van der Waals surface area contributed by atoms with Crippen LogP contribution in [0.15, 0.2) is 11.0 Å². The highest BCUT2D eigenvalue weighted by Crippen LogP contribution is 2.45. The number of aliphatic hydroxyl groups is 3. The van der Waals surface area contributed by atoms with Crippen LogP contribution < -0.4 is 15.9 Å². The summed E-state index contributed by atoms with van der Waals surface area (Å²) in [6, 6.07) is 0. The zero-order valence-corrected chi connectivity index (χ0v) is 24.8. The van der Waals surface area contributed by atoms with Crippen molar-refractivity contribution in [2.45, 2.75) is 134 Å². The molecule has 12 nitrogen and oxygen atoms in total. The summed E-state index contributed by atoms with van der Waals surface area (Å²) in [4.78, 5) is 25.9. The van der Waals surface area contributed by atoms with Crippen molar-refractivity contribution in [2.24, 2.45) is 0 Å². The number of rotatable bonds is 22.